The first-order valence-electron chi connectivity index (χ1n) is 7.61. The van der Waals surface area contributed by atoms with Crippen molar-refractivity contribution in [1.82, 2.24) is 10.2 Å². The number of aryl methyl sites for hydroxylation is 2. The van der Waals surface area contributed by atoms with Crippen molar-refractivity contribution in [3.63, 3.8) is 0 Å². The number of nitrogens with zero attached hydrogens (tertiary/aromatic N) is 1. The largest absolute Gasteiger partial charge is 0.343 e. The minimum absolute atomic E-state index is 0.0323. The summed E-state index contributed by atoms with van der Waals surface area (Å²) < 4.78 is 0. The Hall–Kier alpha value is -1.84. The molecule has 2 unspecified atom stereocenters. The van der Waals surface area contributed by atoms with E-state index in [0.29, 0.717) is 13.0 Å². The Balaban J connectivity index is 2.25. The summed E-state index contributed by atoms with van der Waals surface area (Å²) in [4.78, 5) is 26.4. The van der Waals surface area contributed by atoms with Crippen LogP contribution >= 0.6 is 0 Å². The van der Waals surface area contributed by atoms with Crippen LogP contribution in [-0.2, 0) is 16.1 Å². The Kier molecular flexibility index (Phi) is 4.66. The summed E-state index contributed by atoms with van der Waals surface area (Å²) in [5.74, 6) is -0.0248. The van der Waals surface area contributed by atoms with Crippen molar-refractivity contribution in [2.24, 2.45) is 0 Å². The molecule has 2 atom stereocenters. The zero-order valence-corrected chi connectivity index (χ0v) is 13.3. The number of nitrogens with one attached hydrogen (secondary N) is 1. The van der Waals surface area contributed by atoms with Gasteiger partial charge in [0.15, 0.2) is 0 Å². The van der Waals surface area contributed by atoms with Crippen molar-refractivity contribution in [3.8, 4) is 0 Å². The zero-order valence-electron chi connectivity index (χ0n) is 13.3. The van der Waals surface area contributed by atoms with Crippen LogP contribution in [0.3, 0.4) is 0 Å². The van der Waals surface area contributed by atoms with Crippen LogP contribution in [0.25, 0.3) is 0 Å². The Morgan fingerprint density at radius 1 is 1.24 bits per heavy atom. The third-order valence-electron chi connectivity index (χ3n) is 4.17. The van der Waals surface area contributed by atoms with E-state index >= 15 is 0 Å². The maximum absolute atomic E-state index is 12.6. The Morgan fingerprint density at radius 3 is 2.62 bits per heavy atom. The standard InChI is InChI=1S/C17H24N2O2/c1-5-6-15-17(21)19(13(4)16(20)18-15)10-14-9-11(2)7-8-12(14)3/h7-9,13,15H,5-6,10H2,1-4H3,(H,18,20). The minimum Gasteiger partial charge on any atom is -0.343 e. The van der Waals surface area contributed by atoms with Gasteiger partial charge in [0.2, 0.25) is 11.8 Å². The molecule has 1 aromatic carbocycles. The predicted molar refractivity (Wildman–Crippen MR) is 82.8 cm³/mol. The first-order valence-corrected chi connectivity index (χ1v) is 7.61. The highest BCUT2D eigenvalue weighted by molar-refractivity contribution is 5.96. The van der Waals surface area contributed by atoms with Crippen LogP contribution < -0.4 is 5.32 Å². The molecule has 21 heavy (non-hydrogen) atoms. The number of carbonyl (C=O) groups excluding carboxylic acids is 2. The molecule has 0 bridgehead atoms. The molecule has 0 saturated carbocycles. The molecule has 2 amide bonds. The van der Waals surface area contributed by atoms with Gasteiger partial charge in [-0.3, -0.25) is 9.59 Å². The van der Waals surface area contributed by atoms with Crippen molar-refractivity contribution in [2.75, 3.05) is 0 Å². The monoisotopic (exact) mass is 288 g/mol. The number of benzene rings is 1. The number of amides is 2. The summed E-state index contributed by atoms with van der Waals surface area (Å²) in [6.45, 7) is 8.39. The summed E-state index contributed by atoms with van der Waals surface area (Å²) in [5, 5.41) is 2.83. The summed E-state index contributed by atoms with van der Waals surface area (Å²) in [6, 6.07) is 5.44. The topological polar surface area (TPSA) is 49.4 Å². The van der Waals surface area contributed by atoms with E-state index in [1.54, 1.807) is 11.8 Å². The summed E-state index contributed by atoms with van der Waals surface area (Å²) in [5.41, 5.74) is 3.43. The van der Waals surface area contributed by atoms with Crippen molar-refractivity contribution >= 4 is 11.8 Å². The van der Waals surface area contributed by atoms with E-state index < -0.39 is 6.04 Å². The Morgan fingerprint density at radius 2 is 1.95 bits per heavy atom. The molecule has 1 saturated heterocycles. The van der Waals surface area contributed by atoms with Gasteiger partial charge in [-0.2, -0.15) is 0 Å². The van der Waals surface area contributed by atoms with E-state index in [-0.39, 0.29) is 17.9 Å². The Bertz CT molecular complexity index is 554. The second-order valence-corrected chi connectivity index (χ2v) is 5.92. The highest BCUT2D eigenvalue weighted by Crippen LogP contribution is 2.19. The molecule has 4 heteroatoms. The molecule has 0 spiro atoms. The summed E-state index contributed by atoms with van der Waals surface area (Å²) in [7, 11) is 0. The SMILES string of the molecule is CCCC1NC(=O)C(C)N(Cc2cc(C)ccc2C)C1=O. The van der Waals surface area contributed by atoms with Gasteiger partial charge >= 0.3 is 0 Å². The van der Waals surface area contributed by atoms with Gasteiger partial charge in [-0.1, -0.05) is 37.1 Å². The number of carbonyl (C=O) groups is 2. The first kappa shape index (κ1) is 15.5. The molecule has 1 aromatic rings. The van der Waals surface area contributed by atoms with Crippen LogP contribution in [0.5, 0.6) is 0 Å². The van der Waals surface area contributed by atoms with Gasteiger partial charge in [0.1, 0.15) is 12.1 Å². The number of hydrogen-bond donors (Lipinski definition) is 1. The van der Waals surface area contributed by atoms with Crippen molar-refractivity contribution in [2.45, 2.75) is 59.2 Å². The molecule has 1 aliphatic heterocycles. The van der Waals surface area contributed by atoms with Crippen LogP contribution in [0.4, 0.5) is 0 Å². The second-order valence-electron chi connectivity index (χ2n) is 5.92. The fourth-order valence-electron chi connectivity index (χ4n) is 2.74. The van der Waals surface area contributed by atoms with Gasteiger partial charge < -0.3 is 10.2 Å². The van der Waals surface area contributed by atoms with Crippen molar-refractivity contribution in [1.29, 1.82) is 0 Å². The Labute approximate surface area is 126 Å². The first-order chi connectivity index (χ1) is 9.93. The van der Waals surface area contributed by atoms with E-state index in [1.807, 2.05) is 20.8 Å². The minimum atomic E-state index is -0.412. The fourth-order valence-corrected chi connectivity index (χ4v) is 2.74. The number of piperazine rings is 1. The third kappa shape index (κ3) is 3.26. The molecule has 0 radical (unpaired) electrons. The lowest BCUT2D eigenvalue weighted by Gasteiger charge is -2.37. The highest BCUT2D eigenvalue weighted by atomic mass is 16.2. The van der Waals surface area contributed by atoms with Gasteiger partial charge in [0, 0.05) is 6.54 Å². The average Bonchev–Trinajstić information content (AvgIpc) is 2.44. The van der Waals surface area contributed by atoms with Gasteiger partial charge in [-0.15, -0.1) is 0 Å². The predicted octanol–water partition coefficient (Wildman–Crippen LogP) is 2.32. The summed E-state index contributed by atoms with van der Waals surface area (Å²) in [6.07, 6.45) is 1.57. The van der Waals surface area contributed by atoms with Gasteiger partial charge in [-0.25, -0.2) is 0 Å². The maximum atomic E-state index is 12.6. The van der Waals surface area contributed by atoms with Gasteiger partial charge in [0.05, 0.1) is 0 Å². The van der Waals surface area contributed by atoms with Gasteiger partial charge in [-0.05, 0) is 38.3 Å². The third-order valence-corrected chi connectivity index (χ3v) is 4.17. The lowest BCUT2D eigenvalue weighted by atomic mass is 10.0. The molecular formula is C17H24N2O2. The van der Waals surface area contributed by atoms with Crippen LogP contribution in [0.15, 0.2) is 18.2 Å². The quantitative estimate of drug-likeness (QED) is 0.924. The van der Waals surface area contributed by atoms with Gasteiger partial charge in [0.25, 0.3) is 0 Å². The van der Waals surface area contributed by atoms with E-state index in [9.17, 15) is 9.59 Å². The average molecular weight is 288 g/mol. The van der Waals surface area contributed by atoms with E-state index in [4.69, 9.17) is 0 Å². The summed E-state index contributed by atoms with van der Waals surface area (Å²) >= 11 is 0. The molecular weight excluding hydrogens is 264 g/mol. The fraction of sp³-hybridized carbons (Fsp3) is 0.529. The van der Waals surface area contributed by atoms with E-state index in [2.05, 4.69) is 23.5 Å². The lowest BCUT2D eigenvalue weighted by molar-refractivity contribution is -0.149. The van der Waals surface area contributed by atoms with E-state index in [0.717, 1.165) is 17.5 Å². The molecule has 1 aliphatic rings. The second kappa shape index (κ2) is 6.29. The molecule has 114 valence electrons. The highest BCUT2D eigenvalue weighted by Gasteiger charge is 2.37. The molecule has 0 aromatic heterocycles. The zero-order chi connectivity index (χ0) is 15.6. The van der Waals surface area contributed by atoms with E-state index in [1.165, 1.54) is 5.56 Å². The molecule has 0 aliphatic carbocycles. The molecule has 4 nitrogen and oxygen atoms in total. The van der Waals surface area contributed by atoms with Crippen LogP contribution in [0.2, 0.25) is 0 Å². The molecule has 1 heterocycles. The van der Waals surface area contributed by atoms with Crippen molar-refractivity contribution in [3.05, 3.63) is 34.9 Å². The molecule has 1 N–H and O–H groups in total. The van der Waals surface area contributed by atoms with Crippen molar-refractivity contribution < 1.29 is 9.59 Å². The molecule has 1 fully saturated rings. The van der Waals surface area contributed by atoms with Crippen LogP contribution in [0.1, 0.15) is 43.4 Å². The normalized spacial score (nSPS) is 22.4. The smallest absolute Gasteiger partial charge is 0.246 e. The lowest BCUT2D eigenvalue weighted by Crippen LogP contribution is -2.61. The number of hydrogen-bond acceptors (Lipinski definition) is 2. The number of rotatable bonds is 4. The van der Waals surface area contributed by atoms with Crippen LogP contribution in [0, 0.1) is 13.8 Å². The molecule has 2 rings (SSSR count). The maximum Gasteiger partial charge on any atom is 0.246 e. The van der Waals surface area contributed by atoms with Crippen LogP contribution in [-0.4, -0.2) is 28.8 Å².